The molecular formula is C26H36N2O5. The third-order valence-corrected chi connectivity index (χ3v) is 5.70. The van der Waals surface area contributed by atoms with Crippen molar-refractivity contribution in [1.29, 1.82) is 0 Å². The fourth-order valence-corrected chi connectivity index (χ4v) is 4.10. The topological polar surface area (TPSA) is 69.3 Å². The molecule has 7 heteroatoms. The van der Waals surface area contributed by atoms with Crippen LogP contribution in [-0.2, 0) is 16.0 Å². The first-order chi connectivity index (χ1) is 15.9. The van der Waals surface area contributed by atoms with E-state index < -0.39 is 0 Å². The third kappa shape index (κ3) is 7.19. The van der Waals surface area contributed by atoms with Crippen molar-refractivity contribution in [2.45, 2.75) is 45.6 Å². The highest BCUT2D eigenvalue weighted by molar-refractivity contribution is 5.94. The van der Waals surface area contributed by atoms with Crippen LogP contribution >= 0.6 is 0 Å². The lowest BCUT2D eigenvalue weighted by atomic mass is 10.1. The predicted octanol–water partition coefficient (Wildman–Crippen LogP) is 3.82. The van der Waals surface area contributed by atoms with E-state index in [1.54, 1.807) is 14.2 Å². The van der Waals surface area contributed by atoms with Gasteiger partial charge in [0.15, 0.2) is 11.5 Å². The molecule has 0 aliphatic carbocycles. The van der Waals surface area contributed by atoms with E-state index >= 15 is 0 Å². The van der Waals surface area contributed by atoms with E-state index in [-0.39, 0.29) is 24.2 Å². The number of hydrogen-bond donors (Lipinski definition) is 1. The summed E-state index contributed by atoms with van der Waals surface area (Å²) in [5.74, 6) is 1.17. The molecule has 7 nitrogen and oxygen atoms in total. The summed E-state index contributed by atoms with van der Waals surface area (Å²) in [7, 11) is 3.23. The summed E-state index contributed by atoms with van der Waals surface area (Å²) in [6.45, 7) is 9.80. The minimum absolute atomic E-state index is 0.109. The van der Waals surface area contributed by atoms with Crippen LogP contribution in [0.25, 0.3) is 0 Å². The van der Waals surface area contributed by atoms with Crippen molar-refractivity contribution in [1.82, 2.24) is 10.2 Å². The van der Waals surface area contributed by atoms with Gasteiger partial charge in [-0.25, -0.2) is 0 Å². The molecular weight excluding hydrogens is 420 g/mol. The van der Waals surface area contributed by atoms with E-state index in [0.29, 0.717) is 30.3 Å². The van der Waals surface area contributed by atoms with Crippen LogP contribution in [0.15, 0.2) is 42.5 Å². The number of carbonyl (C=O) groups is 1. The van der Waals surface area contributed by atoms with Crippen LogP contribution in [-0.4, -0.2) is 63.5 Å². The molecule has 2 aromatic rings. The van der Waals surface area contributed by atoms with Gasteiger partial charge in [0.25, 0.3) is 5.91 Å². The summed E-state index contributed by atoms with van der Waals surface area (Å²) in [5.41, 5.74) is 2.77. The first-order valence-corrected chi connectivity index (χ1v) is 11.5. The molecule has 2 aromatic carbocycles. The first-order valence-electron chi connectivity index (χ1n) is 11.5. The van der Waals surface area contributed by atoms with Gasteiger partial charge in [0, 0.05) is 32.3 Å². The number of benzene rings is 2. The molecule has 1 heterocycles. The average Bonchev–Trinajstić information content (AvgIpc) is 2.79. The van der Waals surface area contributed by atoms with Crippen molar-refractivity contribution >= 4 is 5.91 Å². The summed E-state index contributed by atoms with van der Waals surface area (Å²) in [6.07, 6.45) is 0.481. The van der Waals surface area contributed by atoms with E-state index in [1.165, 1.54) is 5.56 Å². The van der Waals surface area contributed by atoms with Gasteiger partial charge < -0.3 is 24.3 Å². The van der Waals surface area contributed by atoms with Gasteiger partial charge in [-0.3, -0.25) is 9.69 Å². The van der Waals surface area contributed by atoms with Gasteiger partial charge >= 0.3 is 0 Å². The smallest absolute Gasteiger partial charge is 0.251 e. The Morgan fingerprint density at radius 3 is 2.39 bits per heavy atom. The number of methoxy groups -OCH3 is 2. The van der Waals surface area contributed by atoms with Crippen LogP contribution < -0.4 is 14.8 Å². The van der Waals surface area contributed by atoms with Gasteiger partial charge in [0.2, 0.25) is 0 Å². The van der Waals surface area contributed by atoms with Gasteiger partial charge in [-0.1, -0.05) is 18.2 Å². The quantitative estimate of drug-likeness (QED) is 0.548. The zero-order valence-corrected chi connectivity index (χ0v) is 20.3. The van der Waals surface area contributed by atoms with Crippen molar-refractivity contribution in [2.75, 3.05) is 40.5 Å². The standard InChI is InChI=1S/C26H36N2O5/c1-18-15-28(16-19(2)33-18)17-21-6-8-22(9-7-21)26(29)27-20(3)23-10-11-24(25(14-23)31-5)32-13-12-30-4/h6-11,14,18-20H,12-13,15-17H2,1-5H3,(H,27,29). The molecule has 0 aromatic heterocycles. The number of ether oxygens (including phenoxy) is 4. The van der Waals surface area contributed by atoms with E-state index in [9.17, 15) is 4.79 Å². The molecule has 1 amide bonds. The van der Waals surface area contributed by atoms with E-state index in [4.69, 9.17) is 18.9 Å². The van der Waals surface area contributed by atoms with Gasteiger partial charge in [0.05, 0.1) is 32.0 Å². The Morgan fingerprint density at radius 1 is 1.06 bits per heavy atom. The third-order valence-electron chi connectivity index (χ3n) is 5.70. The highest BCUT2D eigenvalue weighted by Crippen LogP contribution is 2.30. The Hall–Kier alpha value is -2.61. The SMILES string of the molecule is COCCOc1ccc(C(C)NC(=O)c2ccc(CN3CC(C)OC(C)C3)cc2)cc1OC. The molecule has 3 rings (SSSR count). The number of amides is 1. The highest BCUT2D eigenvalue weighted by Gasteiger charge is 2.22. The van der Waals surface area contributed by atoms with Crippen LogP contribution in [0.1, 0.15) is 48.3 Å². The second kappa shape index (κ2) is 12.0. The van der Waals surface area contributed by atoms with Crippen LogP contribution in [0.5, 0.6) is 11.5 Å². The number of rotatable bonds is 10. The normalized spacial score (nSPS) is 19.7. The number of carbonyl (C=O) groups excluding carboxylic acids is 1. The Morgan fingerprint density at radius 2 is 1.76 bits per heavy atom. The van der Waals surface area contributed by atoms with Crippen molar-refractivity contribution in [3.05, 3.63) is 59.2 Å². The Balaban J connectivity index is 1.58. The lowest BCUT2D eigenvalue weighted by Crippen LogP contribution is -2.44. The molecule has 1 saturated heterocycles. The molecule has 1 aliphatic rings. The summed E-state index contributed by atoms with van der Waals surface area (Å²) < 4.78 is 22.0. The molecule has 0 spiro atoms. The van der Waals surface area contributed by atoms with E-state index in [2.05, 4.69) is 24.1 Å². The Kier molecular flexibility index (Phi) is 9.11. The molecule has 33 heavy (non-hydrogen) atoms. The molecule has 0 radical (unpaired) electrons. The van der Waals surface area contributed by atoms with E-state index in [0.717, 1.165) is 25.2 Å². The van der Waals surface area contributed by atoms with Crippen molar-refractivity contribution in [2.24, 2.45) is 0 Å². The van der Waals surface area contributed by atoms with Gasteiger partial charge in [-0.15, -0.1) is 0 Å². The molecule has 0 saturated carbocycles. The zero-order chi connectivity index (χ0) is 23.8. The van der Waals surface area contributed by atoms with Crippen molar-refractivity contribution < 1.29 is 23.7 Å². The lowest BCUT2D eigenvalue weighted by molar-refractivity contribution is -0.0704. The van der Waals surface area contributed by atoms with Gasteiger partial charge in [0.1, 0.15) is 6.61 Å². The molecule has 3 atom stereocenters. The Bertz CT molecular complexity index is 892. The van der Waals surface area contributed by atoms with Crippen LogP contribution in [0.4, 0.5) is 0 Å². The molecule has 180 valence electrons. The van der Waals surface area contributed by atoms with Crippen molar-refractivity contribution in [3.8, 4) is 11.5 Å². The van der Waals surface area contributed by atoms with Gasteiger partial charge in [-0.2, -0.15) is 0 Å². The highest BCUT2D eigenvalue weighted by atomic mass is 16.5. The second-order valence-electron chi connectivity index (χ2n) is 8.60. The minimum Gasteiger partial charge on any atom is -0.493 e. The maximum atomic E-state index is 12.8. The van der Waals surface area contributed by atoms with Crippen LogP contribution in [0.2, 0.25) is 0 Å². The number of morpholine rings is 1. The molecule has 1 fully saturated rings. The summed E-state index contributed by atoms with van der Waals surface area (Å²) in [5, 5.41) is 3.07. The summed E-state index contributed by atoms with van der Waals surface area (Å²) in [4.78, 5) is 15.2. The number of nitrogens with one attached hydrogen (secondary N) is 1. The Labute approximate surface area is 197 Å². The summed E-state index contributed by atoms with van der Waals surface area (Å²) >= 11 is 0. The molecule has 1 N–H and O–H groups in total. The van der Waals surface area contributed by atoms with Crippen LogP contribution in [0.3, 0.4) is 0 Å². The first kappa shape index (κ1) is 25.0. The fraction of sp³-hybridized carbons (Fsp3) is 0.500. The maximum Gasteiger partial charge on any atom is 0.251 e. The van der Waals surface area contributed by atoms with E-state index in [1.807, 2.05) is 49.4 Å². The number of nitrogens with zero attached hydrogens (tertiary/aromatic N) is 1. The summed E-state index contributed by atoms with van der Waals surface area (Å²) in [6, 6.07) is 13.3. The fourth-order valence-electron chi connectivity index (χ4n) is 4.10. The second-order valence-corrected chi connectivity index (χ2v) is 8.60. The molecule has 1 aliphatic heterocycles. The maximum absolute atomic E-state index is 12.8. The number of hydrogen-bond acceptors (Lipinski definition) is 6. The largest absolute Gasteiger partial charge is 0.493 e. The zero-order valence-electron chi connectivity index (χ0n) is 20.3. The van der Waals surface area contributed by atoms with Gasteiger partial charge in [-0.05, 0) is 56.2 Å². The average molecular weight is 457 g/mol. The minimum atomic E-state index is -0.185. The molecule has 3 unspecified atom stereocenters. The molecule has 0 bridgehead atoms. The predicted molar refractivity (Wildman–Crippen MR) is 128 cm³/mol. The van der Waals surface area contributed by atoms with Crippen molar-refractivity contribution in [3.63, 3.8) is 0 Å². The lowest BCUT2D eigenvalue weighted by Gasteiger charge is -2.35. The monoisotopic (exact) mass is 456 g/mol. The van der Waals surface area contributed by atoms with Crippen LogP contribution in [0, 0.1) is 0 Å².